The Morgan fingerprint density at radius 2 is 1.97 bits per heavy atom. The molecule has 2 aliphatic rings. The third-order valence-corrected chi connectivity index (χ3v) is 6.55. The molecule has 0 radical (unpaired) electrons. The van der Waals surface area contributed by atoms with E-state index in [1.165, 1.54) is 22.0 Å². The average Bonchev–Trinajstić information content (AvgIpc) is 3.09. The first-order valence-corrected chi connectivity index (χ1v) is 10.8. The van der Waals surface area contributed by atoms with Crippen LogP contribution in [-0.4, -0.2) is 47.0 Å². The van der Waals surface area contributed by atoms with Crippen LogP contribution in [0.3, 0.4) is 0 Å². The number of amides is 1. The summed E-state index contributed by atoms with van der Waals surface area (Å²) in [6.45, 7) is 4.06. The zero-order valence-electron chi connectivity index (χ0n) is 18.0. The molecule has 3 heterocycles. The first-order chi connectivity index (χ1) is 15.0. The number of aromatic nitrogens is 2. The number of anilines is 2. The van der Waals surface area contributed by atoms with Gasteiger partial charge in [0.05, 0.1) is 18.3 Å². The number of ether oxygens (including phenoxy) is 1. The molecule has 1 fully saturated rings. The number of benzene rings is 2. The number of nitrogen functional groups attached to an aromatic ring is 1. The predicted octanol–water partition coefficient (Wildman–Crippen LogP) is 3.08. The largest absolute Gasteiger partial charge is 0.461 e. The van der Waals surface area contributed by atoms with Gasteiger partial charge in [-0.2, -0.15) is 9.97 Å². The van der Waals surface area contributed by atoms with Crippen molar-refractivity contribution in [3.8, 4) is 6.01 Å². The Kier molecular flexibility index (Phi) is 4.88. The summed E-state index contributed by atoms with van der Waals surface area (Å²) in [6.07, 6.45) is 2.16. The molecular weight excluding hydrogens is 390 g/mol. The van der Waals surface area contributed by atoms with Gasteiger partial charge in [-0.1, -0.05) is 30.3 Å². The van der Waals surface area contributed by atoms with Crippen molar-refractivity contribution in [2.45, 2.75) is 38.8 Å². The summed E-state index contributed by atoms with van der Waals surface area (Å²) in [5.41, 5.74) is 10.7. The minimum Gasteiger partial charge on any atom is -0.461 e. The minimum atomic E-state index is 0.0588. The maximum absolute atomic E-state index is 11.7. The van der Waals surface area contributed by atoms with Gasteiger partial charge in [0.1, 0.15) is 12.4 Å². The Hall–Kier alpha value is -3.35. The zero-order chi connectivity index (χ0) is 21.5. The number of carbonyl (C=O) groups excluding carboxylic acids is 1. The summed E-state index contributed by atoms with van der Waals surface area (Å²) in [5, 5.41) is 2.52. The van der Waals surface area contributed by atoms with Crippen LogP contribution >= 0.6 is 0 Å². The van der Waals surface area contributed by atoms with Crippen LogP contribution in [0.25, 0.3) is 10.8 Å². The fraction of sp³-hybridized carbons (Fsp3) is 0.375. The van der Waals surface area contributed by atoms with E-state index in [0.29, 0.717) is 31.4 Å². The SMILES string of the molecule is Cc1cccc2cccc(N3CCc4c(N)nc(OC[C@@H]5CCC(=O)N5C)nc4C3)c12. The lowest BCUT2D eigenvalue weighted by atomic mass is 10.00. The van der Waals surface area contributed by atoms with Gasteiger partial charge in [0, 0.05) is 36.7 Å². The highest BCUT2D eigenvalue weighted by molar-refractivity contribution is 5.97. The fourth-order valence-electron chi connectivity index (χ4n) is 4.70. The molecule has 0 saturated carbocycles. The topological polar surface area (TPSA) is 84.6 Å². The molecule has 160 valence electrons. The number of nitrogens with two attached hydrogens (primary N) is 1. The van der Waals surface area contributed by atoms with Crippen molar-refractivity contribution >= 4 is 28.2 Å². The van der Waals surface area contributed by atoms with E-state index in [4.69, 9.17) is 15.5 Å². The van der Waals surface area contributed by atoms with E-state index in [1.54, 1.807) is 4.90 Å². The number of hydrogen-bond acceptors (Lipinski definition) is 6. The summed E-state index contributed by atoms with van der Waals surface area (Å²) in [6, 6.07) is 13.2. The molecule has 0 spiro atoms. The van der Waals surface area contributed by atoms with E-state index in [1.807, 2.05) is 7.05 Å². The van der Waals surface area contributed by atoms with E-state index in [9.17, 15) is 4.79 Å². The smallest absolute Gasteiger partial charge is 0.318 e. The second-order valence-corrected chi connectivity index (χ2v) is 8.45. The van der Waals surface area contributed by atoms with Gasteiger partial charge in [-0.15, -0.1) is 0 Å². The molecule has 3 aromatic rings. The van der Waals surface area contributed by atoms with Crippen LogP contribution in [0.2, 0.25) is 0 Å². The summed E-state index contributed by atoms with van der Waals surface area (Å²) in [4.78, 5) is 24.9. The number of hydrogen-bond donors (Lipinski definition) is 1. The van der Waals surface area contributed by atoms with Gasteiger partial charge < -0.3 is 20.3 Å². The van der Waals surface area contributed by atoms with Gasteiger partial charge in [-0.3, -0.25) is 4.79 Å². The van der Waals surface area contributed by atoms with Gasteiger partial charge in [0.25, 0.3) is 0 Å². The summed E-state index contributed by atoms with van der Waals surface area (Å²) in [7, 11) is 1.81. The first kappa shape index (κ1) is 19.6. The molecule has 1 atom stereocenters. The van der Waals surface area contributed by atoms with Crippen molar-refractivity contribution < 1.29 is 9.53 Å². The van der Waals surface area contributed by atoms with Gasteiger partial charge in [-0.25, -0.2) is 0 Å². The third kappa shape index (κ3) is 3.54. The van der Waals surface area contributed by atoms with Crippen LogP contribution < -0.4 is 15.4 Å². The molecule has 5 rings (SSSR count). The highest BCUT2D eigenvalue weighted by Gasteiger charge is 2.29. The van der Waals surface area contributed by atoms with Gasteiger partial charge >= 0.3 is 6.01 Å². The van der Waals surface area contributed by atoms with Crippen LogP contribution in [0.5, 0.6) is 6.01 Å². The maximum Gasteiger partial charge on any atom is 0.318 e. The Morgan fingerprint density at radius 3 is 2.74 bits per heavy atom. The molecule has 1 saturated heterocycles. The van der Waals surface area contributed by atoms with Crippen LogP contribution in [0.15, 0.2) is 36.4 Å². The molecule has 7 heteroatoms. The Balaban J connectivity index is 1.40. The van der Waals surface area contributed by atoms with Crippen molar-refractivity contribution in [2.24, 2.45) is 0 Å². The lowest BCUT2D eigenvalue weighted by Crippen LogP contribution is -2.34. The number of nitrogens with zero attached hydrogens (tertiary/aromatic N) is 4. The maximum atomic E-state index is 11.7. The average molecular weight is 418 g/mol. The van der Waals surface area contributed by atoms with E-state index in [2.05, 4.69) is 53.2 Å². The number of likely N-dealkylation sites (N-methyl/N-ethyl adjacent to an activating group) is 1. The predicted molar refractivity (Wildman–Crippen MR) is 121 cm³/mol. The molecular formula is C24H27N5O2. The standard InChI is InChI=1S/C24H27N5O2/c1-15-5-3-6-16-7-4-8-20(22(15)16)29-12-11-18-19(13-29)26-24(27-23(18)25)31-14-17-9-10-21(30)28(17)2/h3-8,17H,9-14H2,1-2H3,(H2,25,26,27)/t17-/m0/s1. The van der Waals surface area contributed by atoms with Crippen molar-refractivity contribution in [3.05, 3.63) is 53.2 Å². The van der Waals surface area contributed by atoms with Crippen LogP contribution in [0, 0.1) is 6.92 Å². The summed E-state index contributed by atoms with van der Waals surface area (Å²) < 4.78 is 5.87. The molecule has 0 unspecified atom stereocenters. The molecule has 0 bridgehead atoms. The Labute approximate surface area is 181 Å². The zero-order valence-corrected chi connectivity index (χ0v) is 18.0. The van der Waals surface area contributed by atoms with Crippen LogP contribution in [0.1, 0.15) is 29.7 Å². The van der Waals surface area contributed by atoms with Crippen molar-refractivity contribution in [1.82, 2.24) is 14.9 Å². The molecule has 7 nitrogen and oxygen atoms in total. The number of aryl methyl sites for hydroxylation is 1. The third-order valence-electron chi connectivity index (χ3n) is 6.55. The van der Waals surface area contributed by atoms with Crippen molar-refractivity contribution in [1.29, 1.82) is 0 Å². The quantitative estimate of drug-likeness (QED) is 0.702. The lowest BCUT2D eigenvalue weighted by molar-refractivity contribution is -0.127. The molecule has 2 N–H and O–H groups in total. The molecule has 31 heavy (non-hydrogen) atoms. The van der Waals surface area contributed by atoms with E-state index in [-0.39, 0.29) is 11.9 Å². The Morgan fingerprint density at radius 1 is 1.16 bits per heavy atom. The molecule has 2 aliphatic heterocycles. The second kappa shape index (κ2) is 7.72. The molecule has 2 aromatic carbocycles. The fourth-order valence-corrected chi connectivity index (χ4v) is 4.70. The van der Waals surface area contributed by atoms with Gasteiger partial charge in [-0.05, 0) is 36.8 Å². The normalized spacial score (nSPS) is 18.5. The van der Waals surface area contributed by atoms with E-state index in [0.717, 1.165) is 30.6 Å². The number of fused-ring (bicyclic) bond motifs is 2. The van der Waals surface area contributed by atoms with Crippen LogP contribution in [0.4, 0.5) is 11.5 Å². The van der Waals surface area contributed by atoms with Crippen LogP contribution in [-0.2, 0) is 17.8 Å². The van der Waals surface area contributed by atoms with E-state index < -0.39 is 0 Å². The molecule has 1 amide bonds. The second-order valence-electron chi connectivity index (χ2n) is 8.45. The lowest BCUT2D eigenvalue weighted by Gasteiger charge is -2.31. The first-order valence-electron chi connectivity index (χ1n) is 10.8. The molecule has 1 aromatic heterocycles. The summed E-state index contributed by atoms with van der Waals surface area (Å²) >= 11 is 0. The highest BCUT2D eigenvalue weighted by Crippen LogP contribution is 2.34. The van der Waals surface area contributed by atoms with Gasteiger partial charge in [0.15, 0.2) is 0 Å². The number of carbonyl (C=O) groups is 1. The Bertz CT molecular complexity index is 1160. The van der Waals surface area contributed by atoms with Crippen molar-refractivity contribution in [2.75, 3.05) is 30.8 Å². The number of rotatable bonds is 4. The summed E-state index contributed by atoms with van der Waals surface area (Å²) in [5.74, 6) is 0.644. The monoisotopic (exact) mass is 417 g/mol. The van der Waals surface area contributed by atoms with E-state index >= 15 is 0 Å². The molecule has 0 aliphatic carbocycles. The number of likely N-dealkylation sites (tertiary alicyclic amines) is 1. The highest BCUT2D eigenvalue weighted by atomic mass is 16.5. The van der Waals surface area contributed by atoms with Crippen molar-refractivity contribution in [3.63, 3.8) is 0 Å². The van der Waals surface area contributed by atoms with Gasteiger partial charge in [0.2, 0.25) is 5.91 Å². The minimum absolute atomic E-state index is 0.0588.